The largest absolute Gasteiger partial charge is 0.495 e. The highest BCUT2D eigenvalue weighted by atomic mass is 32.1. The van der Waals surface area contributed by atoms with E-state index in [0.717, 1.165) is 32.1 Å². The molecule has 0 atom stereocenters. The second-order valence-corrected chi connectivity index (χ2v) is 9.50. The summed E-state index contributed by atoms with van der Waals surface area (Å²) >= 11 is 1.55. The zero-order valence-corrected chi connectivity index (χ0v) is 21.3. The molecule has 0 aliphatic carbocycles. The third-order valence-corrected chi connectivity index (χ3v) is 6.96. The highest BCUT2D eigenvalue weighted by Gasteiger charge is 2.21. The molecule has 182 valence electrons. The minimum atomic E-state index is -0.157. The second kappa shape index (κ2) is 9.35. The topological polar surface area (TPSA) is 99.8 Å². The number of hydrogen-bond acceptors (Lipinski definition) is 6. The Morgan fingerprint density at radius 1 is 1.17 bits per heavy atom. The van der Waals surface area contributed by atoms with Crippen molar-refractivity contribution in [2.24, 2.45) is 4.99 Å². The molecule has 0 aliphatic rings. The fraction of sp³-hybridized carbons (Fsp3) is 0.148. The summed E-state index contributed by atoms with van der Waals surface area (Å²) in [4.78, 5) is 28.9. The number of hydrogen-bond donors (Lipinski definition) is 2. The number of rotatable bonds is 6. The van der Waals surface area contributed by atoms with E-state index in [1.165, 1.54) is 0 Å². The summed E-state index contributed by atoms with van der Waals surface area (Å²) in [6.07, 6.45) is 3.35. The summed E-state index contributed by atoms with van der Waals surface area (Å²) < 4.78 is 6.65. The van der Waals surface area contributed by atoms with E-state index in [9.17, 15) is 4.79 Å². The van der Waals surface area contributed by atoms with Crippen LogP contribution in [0.25, 0.3) is 32.1 Å². The van der Waals surface area contributed by atoms with Gasteiger partial charge in [-0.1, -0.05) is 24.3 Å². The Morgan fingerprint density at radius 2 is 1.97 bits per heavy atom. The second-order valence-electron chi connectivity index (χ2n) is 8.62. The molecule has 0 unspecified atom stereocenters. The van der Waals surface area contributed by atoms with Crippen molar-refractivity contribution in [3.63, 3.8) is 0 Å². The van der Waals surface area contributed by atoms with Crippen LogP contribution in [-0.4, -0.2) is 55.4 Å². The summed E-state index contributed by atoms with van der Waals surface area (Å²) in [5, 5.41) is 3.92. The number of benzene rings is 2. The molecule has 3 aromatic heterocycles. The number of nitrogens with two attached hydrogens (primary N) is 1. The molecule has 8 nitrogen and oxygen atoms in total. The van der Waals surface area contributed by atoms with Crippen molar-refractivity contribution in [2.45, 2.75) is 0 Å². The quantitative estimate of drug-likeness (QED) is 0.237. The number of nitrogen functional groups attached to an aromatic ring is 1. The van der Waals surface area contributed by atoms with Crippen LogP contribution >= 0.6 is 11.3 Å². The van der Waals surface area contributed by atoms with Gasteiger partial charge < -0.3 is 25.3 Å². The number of thiophene rings is 1. The van der Waals surface area contributed by atoms with Crippen LogP contribution in [0.15, 0.2) is 65.1 Å². The van der Waals surface area contributed by atoms with E-state index >= 15 is 0 Å². The molecule has 0 aliphatic heterocycles. The average Bonchev–Trinajstić information content (AvgIpc) is 3.52. The molecule has 9 heteroatoms. The molecular formula is C27H26N6O2S. The van der Waals surface area contributed by atoms with Gasteiger partial charge in [0.15, 0.2) is 5.82 Å². The van der Waals surface area contributed by atoms with Gasteiger partial charge in [-0.15, -0.1) is 11.3 Å². The highest BCUT2D eigenvalue weighted by Crippen LogP contribution is 2.43. The molecule has 0 fully saturated rings. The molecule has 0 radical (unpaired) electrons. The van der Waals surface area contributed by atoms with Crippen molar-refractivity contribution >= 4 is 61.8 Å². The lowest BCUT2D eigenvalue weighted by Gasteiger charge is -2.20. The van der Waals surface area contributed by atoms with Crippen LogP contribution in [0.1, 0.15) is 10.5 Å². The van der Waals surface area contributed by atoms with Crippen molar-refractivity contribution in [3.05, 3.63) is 65.8 Å². The summed E-state index contributed by atoms with van der Waals surface area (Å²) in [5.74, 6) is 1.02. The number of aromatic amines is 1. The lowest BCUT2D eigenvalue weighted by molar-refractivity contribution is 0.0988. The van der Waals surface area contributed by atoms with E-state index in [4.69, 9.17) is 10.5 Å². The summed E-state index contributed by atoms with van der Waals surface area (Å²) in [5.41, 5.74) is 10.8. The number of fused-ring (bicyclic) bond motifs is 2. The first kappa shape index (κ1) is 23.4. The van der Waals surface area contributed by atoms with E-state index in [2.05, 4.69) is 15.0 Å². The molecule has 3 N–H and O–H groups in total. The molecular weight excluding hydrogens is 472 g/mol. The molecule has 5 rings (SSSR count). The minimum Gasteiger partial charge on any atom is -0.495 e. The van der Waals surface area contributed by atoms with Gasteiger partial charge in [0, 0.05) is 48.4 Å². The monoisotopic (exact) mass is 498 g/mol. The summed E-state index contributed by atoms with van der Waals surface area (Å²) in [7, 11) is 7.15. The molecule has 0 spiro atoms. The van der Waals surface area contributed by atoms with Crippen molar-refractivity contribution < 1.29 is 9.53 Å². The number of nitrogens with zero attached hydrogens (tertiary/aromatic N) is 4. The van der Waals surface area contributed by atoms with Crippen LogP contribution in [0, 0.1) is 0 Å². The highest BCUT2D eigenvalue weighted by molar-refractivity contribution is 7.18. The molecule has 0 bridgehead atoms. The fourth-order valence-electron chi connectivity index (χ4n) is 4.13. The van der Waals surface area contributed by atoms with Crippen LogP contribution in [-0.2, 0) is 0 Å². The number of amides is 1. The average molecular weight is 499 g/mol. The number of H-pyrrole nitrogens is 1. The lowest BCUT2D eigenvalue weighted by Crippen LogP contribution is -2.26. The van der Waals surface area contributed by atoms with E-state index in [0.29, 0.717) is 28.6 Å². The zero-order chi connectivity index (χ0) is 25.4. The van der Waals surface area contributed by atoms with Gasteiger partial charge in [0.05, 0.1) is 35.7 Å². The van der Waals surface area contributed by atoms with Gasteiger partial charge in [0.25, 0.3) is 5.91 Å². The normalized spacial score (nSPS) is 11.4. The van der Waals surface area contributed by atoms with Crippen molar-refractivity contribution in [3.8, 4) is 16.9 Å². The van der Waals surface area contributed by atoms with E-state index in [1.54, 1.807) is 42.9 Å². The van der Waals surface area contributed by atoms with Crippen LogP contribution in [0.3, 0.4) is 0 Å². The Hall–Kier alpha value is -4.37. The standard InChI is InChI=1S/C27H26N6O2S/c1-32(2)15-30-26-24-18(14-36-25(24)19(28)13-29-26)16-9-10-22(23(12-16)35-4)33(3)27(34)21-11-17-7-5-6-8-20(17)31-21/h5-15,31H,28H2,1-4H3. The molecule has 2 aromatic carbocycles. The van der Waals surface area contributed by atoms with Crippen molar-refractivity contribution in [2.75, 3.05) is 38.9 Å². The van der Waals surface area contributed by atoms with Gasteiger partial charge >= 0.3 is 0 Å². The molecule has 1 amide bonds. The lowest BCUT2D eigenvalue weighted by atomic mass is 10.0. The Morgan fingerprint density at radius 3 is 2.72 bits per heavy atom. The van der Waals surface area contributed by atoms with Gasteiger partial charge in [-0.3, -0.25) is 4.79 Å². The number of anilines is 2. The molecule has 5 aromatic rings. The first-order chi connectivity index (χ1) is 17.4. The van der Waals surface area contributed by atoms with Crippen LogP contribution in [0.2, 0.25) is 0 Å². The molecule has 36 heavy (non-hydrogen) atoms. The van der Waals surface area contributed by atoms with Gasteiger partial charge in [-0.25, -0.2) is 9.98 Å². The van der Waals surface area contributed by atoms with Gasteiger partial charge in [-0.05, 0) is 29.8 Å². The number of aromatic nitrogens is 2. The number of ether oxygens (including phenoxy) is 1. The zero-order valence-electron chi connectivity index (χ0n) is 20.4. The number of aliphatic imine (C=N–C) groups is 1. The SMILES string of the molecule is COc1cc(-c2csc3c(N)cnc(N=CN(C)C)c23)ccc1N(C)C(=O)c1cc2ccccc2[nH]1. The van der Waals surface area contributed by atoms with E-state index in [-0.39, 0.29) is 5.91 Å². The Balaban J connectivity index is 1.54. The van der Waals surface area contributed by atoms with Crippen molar-refractivity contribution in [1.29, 1.82) is 0 Å². The van der Waals surface area contributed by atoms with Crippen LogP contribution < -0.4 is 15.4 Å². The van der Waals surface area contributed by atoms with E-state index in [1.807, 2.05) is 72.9 Å². The smallest absolute Gasteiger partial charge is 0.274 e. The van der Waals surface area contributed by atoms with Crippen LogP contribution in [0.5, 0.6) is 5.75 Å². The first-order valence-corrected chi connectivity index (χ1v) is 12.2. The maximum absolute atomic E-state index is 13.3. The Labute approximate surface area is 212 Å². The third-order valence-electron chi connectivity index (χ3n) is 5.93. The molecule has 0 saturated heterocycles. The first-order valence-electron chi connectivity index (χ1n) is 11.3. The maximum Gasteiger partial charge on any atom is 0.274 e. The molecule has 0 saturated carbocycles. The minimum absolute atomic E-state index is 0.157. The maximum atomic E-state index is 13.3. The predicted octanol–water partition coefficient (Wildman–Crippen LogP) is 5.53. The number of methoxy groups -OCH3 is 1. The number of carbonyl (C=O) groups is 1. The fourth-order valence-corrected chi connectivity index (χ4v) is 5.13. The van der Waals surface area contributed by atoms with Crippen molar-refractivity contribution in [1.82, 2.24) is 14.9 Å². The Kier molecular flexibility index (Phi) is 6.07. The van der Waals surface area contributed by atoms with Gasteiger partial charge in [-0.2, -0.15) is 0 Å². The molecule has 3 heterocycles. The summed E-state index contributed by atoms with van der Waals surface area (Å²) in [6, 6.07) is 15.5. The number of nitrogens with one attached hydrogen (secondary N) is 1. The predicted molar refractivity (Wildman–Crippen MR) is 149 cm³/mol. The number of para-hydroxylation sites is 1. The van der Waals surface area contributed by atoms with Gasteiger partial charge in [0.1, 0.15) is 11.4 Å². The number of carbonyl (C=O) groups excluding carboxylic acids is 1. The van der Waals surface area contributed by atoms with Crippen LogP contribution in [0.4, 0.5) is 17.2 Å². The third kappa shape index (κ3) is 4.14. The van der Waals surface area contributed by atoms with E-state index < -0.39 is 0 Å². The Bertz CT molecular complexity index is 1580. The van der Waals surface area contributed by atoms with Gasteiger partial charge in [0.2, 0.25) is 0 Å². The number of pyridine rings is 1. The summed E-state index contributed by atoms with van der Waals surface area (Å²) in [6.45, 7) is 0.